The summed E-state index contributed by atoms with van der Waals surface area (Å²) in [5.41, 5.74) is 3.11. The van der Waals surface area contributed by atoms with E-state index in [0.29, 0.717) is 56.0 Å². The third-order valence-corrected chi connectivity index (χ3v) is 8.83. The maximum atomic E-state index is 14.4. The molecule has 2 amide bonds. The van der Waals surface area contributed by atoms with Crippen molar-refractivity contribution in [3.05, 3.63) is 76.6 Å². The Morgan fingerprint density at radius 1 is 1.11 bits per heavy atom. The van der Waals surface area contributed by atoms with Gasteiger partial charge in [-0.1, -0.05) is 23.7 Å². The van der Waals surface area contributed by atoms with Crippen LogP contribution >= 0.6 is 11.6 Å². The van der Waals surface area contributed by atoms with Gasteiger partial charge in [0.05, 0.1) is 23.8 Å². The van der Waals surface area contributed by atoms with Crippen LogP contribution in [0.5, 0.6) is 5.75 Å². The van der Waals surface area contributed by atoms with Gasteiger partial charge in [0.25, 0.3) is 0 Å². The number of carbonyl (C=O) groups excluding carboxylic acids is 2. The number of likely N-dealkylation sites (tertiary alicyclic amines) is 1. The van der Waals surface area contributed by atoms with Gasteiger partial charge in [0.2, 0.25) is 5.91 Å². The Morgan fingerprint density at radius 2 is 1.95 bits per heavy atom. The molecule has 6 rings (SSSR count). The number of ether oxygens (including phenoxy) is 2. The molecule has 0 bridgehead atoms. The molecule has 0 N–H and O–H groups in total. The van der Waals surface area contributed by atoms with Gasteiger partial charge in [-0.15, -0.1) is 0 Å². The van der Waals surface area contributed by atoms with Crippen molar-refractivity contribution in [2.24, 2.45) is 5.92 Å². The number of piperidine rings is 1. The zero-order chi connectivity index (χ0) is 31.0. The van der Waals surface area contributed by atoms with Crippen molar-refractivity contribution in [2.45, 2.75) is 71.4 Å². The number of imidazole rings is 1. The molecule has 3 aliphatic heterocycles. The summed E-state index contributed by atoms with van der Waals surface area (Å²) in [5.74, 6) is 0.962. The van der Waals surface area contributed by atoms with Gasteiger partial charge >= 0.3 is 6.09 Å². The van der Waals surface area contributed by atoms with Crippen molar-refractivity contribution in [2.75, 3.05) is 32.7 Å². The molecule has 3 aliphatic rings. The minimum Gasteiger partial charge on any atom is -0.488 e. The lowest BCUT2D eigenvalue weighted by Crippen LogP contribution is -2.63. The number of hydrogen-bond acceptors (Lipinski definition) is 7. The van der Waals surface area contributed by atoms with Gasteiger partial charge in [-0.3, -0.25) is 19.6 Å². The quantitative estimate of drug-likeness (QED) is 0.402. The highest BCUT2D eigenvalue weighted by Crippen LogP contribution is 2.41. The summed E-state index contributed by atoms with van der Waals surface area (Å²) < 4.78 is 14.1. The van der Waals surface area contributed by atoms with E-state index in [1.165, 1.54) is 0 Å². The van der Waals surface area contributed by atoms with Crippen molar-refractivity contribution >= 4 is 23.6 Å². The maximum Gasteiger partial charge on any atom is 0.411 e. The number of hydrogen-bond donors (Lipinski definition) is 0. The Labute approximate surface area is 263 Å². The highest BCUT2D eigenvalue weighted by atomic mass is 35.5. The molecule has 0 unspecified atom stereocenters. The normalized spacial score (nSPS) is 22.4. The van der Waals surface area contributed by atoms with E-state index in [9.17, 15) is 9.59 Å². The van der Waals surface area contributed by atoms with Crippen molar-refractivity contribution in [3.63, 3.8) is 0 Å². The smallest absolute Gasteiger partial charge is 0.411 e. The van der Waals surface area contributed by atoms with Crippen LogP contribution in [0, 0.1) is 12.8 Å². The Kier molecular flexibility index (Phi) is 8.57. The first-order valence-corrected chi connectivity index (χ1v) is 15.8. The molecule has 0 aliphatic carbocycles. The minimum atomic E-state index is -0.708. The minimum absolute atomic E-state index is 0.0467. The van der Waals surface area contributed by atoms with Crippen molar-refractivity contribution in [1.29, 1.82) is 0 Å². The number of fused-ring (bicyclic) bond motifs is 2. The monoisotopic (exact) mass is 620 g/mol. The SMILES string of the molecule is Cc1cn(C[C@@H]2CCCN(C(=O)[C@@H]3CN([C@@H]4c5ccc(Cl)cc5OCc5cccnc54)CCN3C(=O)OC(C)(C)C)C2)cn1. The molecule has 1 aromatic carbocycles. The second kappa shape index (κ2) is 12.4. The highest BCUT2D eigenvalue weighted by molar-refractivity contribution is 6.30. The number of aryl methyl sites for hydroxylation is 1. The summed E-state index contributed by atoms with van der Waals surface area (Å²) in [6.07, 6.45) is 7.18. The lowest BCUT2D eigenvalue weighted by molar-refractivity contribution is -0.141. The van der Waals surface area contributed by atoms with E-state index in [-0.39, 0.29) is 11.9 Å². The fourth-order valence-electron chi connectivity index (χ4n) is 6.63. The second-order valence-electron chi connectivity index (χ2n) is 13.1. The van der Waals surface area contributed by atoms with Crippen molar-refractivity contribution < 1.29 is 19.1 Å². The van der Waals surface area contributed by atoms with Crippen molar-refractivity contribution in [3.8, 4) is 5.75 Å². The number of nitrogens with zero attached hydrogens (tertiary/aromatic N) is 6. The highest BCUT2D eigenvalue weighted by Gasteiger charge is 2.43. The van der Waals surface area contributed by atoms with Crippen LogP contribution < -0.4 is 4.74 Å². The van der Waals surface area contributed by atoms with Gasteiger partial charge < -0.3 is 18.9 Å². The van der Waals surface area contributed by atoms with Crippen LogP contribution in [0.1, 0.15) is 62.2 Å². The second-order valence-corrected chi connectivity index (χ2v) is 13.5. The topological polar surface area (TPSA) is 93.0 Å². The van der Waals surface area contributed by atoms with E-state index in [4.69, 9.17) is 26.1 Å². The predicted octanol–water partition coefficient (Wildman–Crippen LogP) is 5.08. The third kappa shape index (κ3) is 6.56. The van der Waals surface area contributed by atoms with E-state index in [2.05, 4.69) is 14.5 Å². The summed E-state index contributed by atoms with van der Waals surface area (Å²) in [4.78, 5) is 43.0. The number of amides is 2. The van der Waals surface area contributed by atoms with Gasteiger partial charge in [-0.2, -0.15) is 0 Å². The van der Waals surface area contributed by atoms with E-state index < -0.39 is 17.7 Å². The largest absolute Gasteiger partial charge is 0.488 e. The molecule has 44 heavy (non-hydrogen) atoms. The van der Waals surface area contributed by atoms with Crippen LogP contribution in [0.4, 0.5) is 4.79 Å². The summed E-state index contributed by atoms with van der Waals surface area (Å²) in [5, 5.41) is 0.592. The summed E-state index contributed by atoms with van der Waals surface area (Å²) in [6, 6.07) is 8.64. The summed E-state index contributed by atoms with van der Waals surface area (Å²) >= 11 is 6.37. The van der Waals surface area contributed by atoms with E-state index >= 15 is 0 Å². The third-order valence-electron chi connectivity index (χ3n) is 8.59. The number of rotatable bonds is 4. The molecule has 0 radical (unpaired) electrons. The van der Waals surface area contributed by atoms with Gasteiger partial charge in [0.1, 0.15) is 24.0 Å². The van der Waals surface area contributed by atoms with Crippen LogP contribution in [0.15, 0.2) is 49.1 Å². The molecule has 3 atom stereocenters. The first kappa shape index (κ1) is 30.4. The van der Waals surface area contributed by atoms with Crippen LogP contribution in [-0.4, -0.2) is 85.6 Å². The maximum absolute atomic E-state index is 14.4. The lowest BCUT2D eigenvalue weighted by atomic mass is 9.95. The van der Waals surface area contributed by atoms with Gasteiger partial charge in [0.15, 0.2) is 0 Å². The molecular weight excluding hydrogens is 580 g/mol. The van der Waals surface area contributed by atoms with E-state index in [1.54, 1.807) is 11.1 Å². The average Bonchev–Trinajstić information content (AvgIpc) is 3.32. The standard InChI is InChI=1S/C33H41ClN6O4/c1-22-16-37(21-36-22)17-23-7-6-12-39(18-23)31(41)27-19-38(13-14-40(27)32(42)44-33(2,3)4)30-26-10-9-25(34)15-28(26)43-20-24-8-5-11-35-29(24)30/h5,8-11,15-16,21,23,27,30H,6-7,12-14,17-20H2,1-4H3/t23-,27-,30+/m0/s1. The first-order valence-electron chi connectivity index (χ1n) is 15.4. The fraction of sp³-hybridized carbons (Fsp3) is 0.515. The van der Waals surface area contributed by atoms with E-state index in [1.807, 2.05) is 75.5 Å². The fourth-order valence-corrected chi connectivity index (χ4v) is 6.80. The Morgan fingerprint density at radius 3 is 2.73 bits per heavy atom. The lowest BCUT2D eigenvalue weighted by Gasteiger charge is -2.45. The van der Waals surface area contributed by atoms with E-state index in [0.717, 1.165) is 41.9 Å². The first-order chi connectivity index (χ1) is 21.1. The molecule has 2 fully saturated rings. The number of pyridine rings is 1. The number of benzene rings is 1. The zero-order valence-electron chi connectivity index (χ0n) is 25.9. The van der Waals surface area contributed by atoms with Crippen LogP contribution in [0.3, 0.4) is 0 Å². The molecule has 0 spiro atoms. The number of halogens is 1. The summed E-state index contributed by atoms with van der Waals surface area (Å²) in [7, 11) is 0. The molecule has 0 saturated carbocycles. The molecule has 234 valence electrons. The molecule has 10 nitrogen and oxygen atoms in total. The number of piperazine rings is 1. The van der Waals surface area contributed by atoms with Crippen molar-refractivity contribution in [1.82, 2.24) is 29.2 Å². The Bertz CT molecular complexity index is 1520. The molecule has 3 aromatic rings. The van der Waals surface area contributed by atoms with Gasteiger partial charge in [-0.05, 0) is 64.7 Å². The molecule has 2 saturated heterocycles. The predicted molar refractivity (Wildman–Crippen MR) is 166 cm³/mol. The zero-order valence-corrected chi connectivity index (χ0v) is 26.7. The Hall–Kier alpha value is -3.63. The summed E-state index contributed by atoms with van der Waals surface area (Å²) in [6.45, 7) is 11.2. The van der Waals surface area contributed by atoms with Crippen LogP contribution in [0.25, 0.3) is 0 Å². The number of carbonyl (C=O) groups is 2. The van der Waals surface area contributed by atoms with Crippen LogP contribution in [-0.2, 0) is 22.7 Å². The molecule has 2 aromatic heterocycles. The van der Waals surface area contributed by atoms with Gasteiger partial charge in [0, 0.05) is 67.8 Å². The van der Waals surface area contributed by atoms with Gasteiger partial charge in [-0.25, -0.2) is 9.78 Å². The molecule has 11 heteroatoms. The number of aromatic nitrogens is 3. The van der Waals surface area contributed by atoms with Crippen LogP contribution in [0.2, 0.25) is 5.02 Å². The average molecular weight is 621 g/mol. The molecule has 5 heterocycles. The molecular formula is C33H41ClN6O4. The Balaban J connectivity index is 1.30.